The van der Waals surface area contributed by atoms with Crippen LogP contribution in [0, 0.1) is 0 Å². The number of fused-ring (bicyclic) bond motifs is 1. The molecule has 0 saturated heterocycles. The van der Waals surface area contributed by atoms with Crippen LogP contribution in [0.25, 0.3) is 17.0 Å². The smallest absolute Gasteiger partial charge is 0.229 e. The standard InChI is InChI=1S/C17H12Cl2N4O2S/c18-12-4-1-3-11(7-12)10-26(24,25)16-9-15-14(8-13(16)19)21-17(22-15)23-6-2-5-20-23/h1-9H,10H2,(H,21,22). The van der Waals surface area contributed by atoms with Crippen molar-refractivity contribution in [2.75, 3.05) is 0 Å². The molecule has 0 fully saturated rings. The zero-order chi connectivity index (χ0) is 18.3. The Kier molecular flexibility index (Phi) is 4.22. The zero-order valence-corrected chi connectivity index (χ0v) is 15.6. The minimum Gasteiger partial charge on any atom is -0.322 e. The Labute approximate surface area is 159 Å². The van der Waals surface area contributed by atoms with Gasteiger partial charge in [-0.15, -0.1) is 0 Å². The van der Waals surface area contributed by atoms with E-state index in [1.54, 1.807) is 47.4 Å². The summed E-state index contributed by atoms with van der Waals surface area (Å²) in [6.07, 6.45) is 3.36. The van der Waals surface area contributed by atoms with Crippen LogP contribution in [0.2, 0.25) is 10.0 Å². The quantitative estimate of drug-likeness (QED) is 0.554. The molecular formula is C17H12Cl2N4O2S. The van der Waals surface area contributed by atoms with Crippen LogP contribution >= 0.6 is 23.2 Å². The number of halogens is 2. The topological polar surface area (TPSA) is 80.6 Å². The van der Waals surface area contributed by atoms with Gasteiger partial charge in [-0.05, 0) is 35.9 Å². The van der Waals surface area contributed by atoms with E-state index in [4.69, 9.17) is 23.2 Å². The molecule has 0 unspecified atom stereocenters. The first-order chi connectivity index (χ1) is 12.4. The van der Waals surface area contributed by atoms with E-state index in [1.807, 2.05) is 0 Å². The molecule has 0 aliphatic rings. The Morgan fingerprint density at radius 1 is 1.12 bits per heavy atom. The van der Waals surface area contributed by atoms with Crippen LogP contribution in [0.5, 0.6) is 0 Å². The number of nitrogens with zero attached hydrogens (tertiary/aromatic N) is 3. The SMILES string of the molecule is O=S(=O)(Cc1cccc(Cl)c1)c1cc2[nH]c(-n3cccn3)nc2cc1Cl. The average molecular weight is 407 g/mol. The highest BCUT2D eigenvalue weighted by molar-refractivity contribution is 7.90. The normalized spacial score (nSPS) is 11.9. The summed E-state index contributed by atoms with van der Waals surface area (Å²) in [5.41, 5.74) is 1.71. The molecule has 9 heteroatoms. The van der Waals surface area contributed by atoms with Crippen molar-refractivity contribution in [2.45, 2.75) is 10.6 Å². The van der Waals surface area contributed by atoms with Crippen molar-refractivity contribution in [1.29, 1.82) is 0 Å². The monoisotopic (exact) mass is 406 g/mol. The largest absolute Gasteiger partial charge is 0.322 e. The number of benzene rings is 2. The number of nitrogens with one attached hydrogen (secondary N) is 1. The summed E-state index contributed by atoms with van der Waals surface area (Å²) < 4.78 is 27.2. The Balaban J connectivity index is 1.76. The molecule has 2 aromatic carbocycles. The lowest BCUT2D eigenvalue weighted by molar-refractivity contribution is 0.595. The predicted molar refractivity (Wildman–Crippen MR) is 101 cm³/mol. The van der Waals surface area contributed by atoms with E-state index in [9.17, 15) is 8.42 Å². The maximum atomic E-state index is 12.8. The van der Waals surface area contributed by atoms with Crippen LogP contribution in [0.1, 0.15) is 5.56 Å². The molecule has 4 aromatic rings. The number of sulfone groups is 1. The molecular weight excluding hydrogens is 395 g/mol. The Hall–Kier alpha value is -2.35. The van der Waals surface area contributed by atoms with Crippen molar-refractivity contribution in [3.8, 4) is 5.95 Å². The second-order valence-electron chi connectivity index (χ2n) is 5.70. The fourth-order valence-corrected chi connectivity index (χ4v) is 4.81. The van der Waals surface area contributed by atoms with Gasteiger partial charge in [0.05, 0.1) is 26.7 Å². The fraction of sp³-hybridized carbons (Fsp3) is 0.0588. The number of aromatic nitrogens is 4. The highest BCUT2D eigenvalue weighted by Crippen LogP contribution is 2.29. The van der Waals surface area contributed by atoms with Crippen LogP contribution in [-0.4, -0.2) is 28.2 Å². The van der Waals surface area contributed by atoms with Crippen LogP contribution < -0.4 is 0 Å². The van der Waals surface area contributed by atoms with Gasteiger partial charge in [-0.25, -0.2) is 18.1 Å². The van der Waals surface area contributed by atoms with E-state index >= 15 is 0 Å². The molecule has 4 rings (SSSR count). The van der Waals surface area contributed by atoms with Crippen molar-refractivity contribution >= 4 is 44.1 Å². The Morgan fingerprint density at radius 2 is 1.96 bits per heavy atom. The Bertz CT molecular complexity index is 1200. The van der Waals surface area contributed by atoms with Crippen LogP contribution in [0.3, 0.4) is 0 Å². The van der Waals surface area contributed by atoms with Crippen molar-refractivity contribution in [2.24, 2.45) is 0 Å². The highest BCUT2D eigenvalue weighted by atomic mass is 35.5. The number of H-pyrrole nitrogens is 1. The van der Waals surface area contributed by atoms with E-state index in [2.05, 4.69) is 15.1 Å². The van der Waals surface area contributed by atoms with Gasteiger partial charge in [0, 0.05) is 17.4 Å². The molecule has 0 aliphatic carbocycles. The zero-order valence-electron chi connectivity index (χ0n) is 13.2. The molecule has 2 heterocycles. The summed E-state index contributed by atoms with van der Waals surface area (Å²) >= 11 is 12.2. The lowest BCUT2D eigenvalue weighted by Crippen LogP contribution is -2.06. The first-order valence-electron chi connectivity index (χ1n) is 7.59. The van der Waals surface area contributed by atoms with E-state index in [-0.39, 0.29) is 15.7 Å². The van der Waals surface area contributed by atoms with Crippen molar-refractivity contribution in [3.63, 3.8) is 0 Å². The number of hydrogen-bond acceptors (Lipinski definition) is 4. The lowest BCUT2D eigenvalue weighted by atomic mass is 10.2. The molecule has 1 N–H and O–H groups in total. The number of rotatable bonds is 4. The Morgan fingerprint density at radius 3 is 2.69 bits per heavy atom. The fourth-order valence-electron chi connectivity index (χ4n) is 2.66. The van der Waals surface area contributed by atoms with Gasteiger partial charge in [0.1, 0.15) is 0 Å². The summed E-state index contributed by atoms with van der Waals surface area (Å²) in [6.45, 7) is 0. The molecule has 0 bridgehead atoms. The molecule has 132 valence electrons. The maximum absolute atomic E-state index is 12.8. The van der Waals surface area contributed by atoms with Gasteiger partial charge in [-0.1, -0.05) is 35.3 Å². The van der Waals surface area contributed by atoms with E-state index in [1.165, 1.54) is 12.1 Å². The van der Waals surface area contributed by atoms with Crippen LogP contribution in [0.15, 0.2) is 59.8 Å². The molecule has 2 aromatic heterocycles. The van der Waals surface area contributed by atoms with Gasteiger partial charge < -0.3 is 4.98 Å². The van der Waals surface area contributed by atoms with Gasteiger partial charge >= 0.3 is 0 Å². The predicted octanol–water partition coefficient (Wildman–Crippen LogP) is 4.03. The summed E-state index contributed by atoms with van der Waals surface area (Å²) in [5.74, 6) is 0.282. The minimum absolute atomic E-state index is 0.0438. The van der Waals surface area contributed by atoms with E-state index in [0.29, 0.717) is 27.6 Å². The molecule has 0 saturated carbocycles. The third kappa shape index (κ3) is 3.21. The number of imidazole rings is 1. The van der Waals surface area contributed by atoms with Crippen LogP contribution in [0.4, 0.5) is 0 Å². The molecule has 0 spiro atoms. The lowest BCUT2D eigenvalue weighted by Gasteiger charge is -2.07. The maximum Gasteiger partial charge on any atom is 0.229 e. The summed E-state index contributed by atoms with van der Waals surface area (Å²) in [5, 5.41) is 4.70. The minimum atomic E-state index is -3.66. The molecule has 0 atom stereocenters. The summed E-state index contributed by atoms with van der Waals surface area (Å²) in [7, 11) is -3.66. The molecule has 6 nitrogen and oxygen atoms in total. The summed E-state index contributed by atoms with van der Waals surface area (Å²) in [4.78, 5) is 7.48. The van der Waals surface area contributed by atoms with Gasteiger partial charge in [-0.3, -0.25) is 0 Å². The van der Waals surface area contributed by atoms with Crippen LogP contribution in [-0.2, 0) is 15.6 Å². The second kappa shape index (κ2) is 6.42. The van der Waals surface area contributed by atoms with E-state index < -0.39 is 9.84 Å². The van der Waals surface area contributed by atoms with Gasteiger partial charge in [0.2, 0.25) is 5.95 Å². The number of aromatic amines is 1. The van der Waals surface area contributed by atoms with Crippen molar-refractivity contribution in [1.82, 2.24) is 19.7 Å². The second-order valence-corrected chi connectivity index (χ2v) is 8.50. The average Bonchev–Trinajstić information content (AvgIpc) is 3.22. The molecule has 0 radical (unpaired) electrons. The number of hydrogen-bond donors (Lipinski definition) is 1. The van der Waals surface area contributed by atoms with Gasteiger partial charge in [-0.2, -0.15) is 5.10 Å². The summed E-state index contributed by atoms with van der Waals surface area (Å²) in [6, 6.07) is 11.5. The first-order valence-corrected chi connectivity index (χ1v) is 10.00. The van der Waals surface area contributed by atoms with Gasteiger partial charge in [0.15, 0.2) is 9.84 Å². The molecule has 0 amide bonds. The molecule has 26 heavy (non-hydrogen) atoms. The third-order valence-electron chi connectivity index (χ3n) is 3.83. The highest BCUT2D eigenvalue weighted by Gasteiger charge is 2.21. The van der Waals surface area contributed by atoms with Crippen molar-refractivity contribution < 1.29 is 8.42 Å². The molecule has 0 aliphatic heterocycles. The van der Waals surface area contributed by atoms with Gasteiger partial charge in [0.25, 0.3) is 0 Å². The first kappa shape index (κ1) is 17.1. The van der Waals surface area contributed by atoms with E-state index in [0.717, 1.165) is 0 Å². The van der Waals surface area contributed by atoms with Crippen molar-refractivity contribution in [3.05, 3.63) is 70.5 Å². The third-order valence-corrected chi connectivity index (χ3v) is 6.21.